The highest BCUT2D eigenvalue weighted by Gasteiger charge is 2.48. The first-order valence-electron chi connectivity index (χ1n) is 6.74. The average Bonchev–Trinajstić information content (AvgIpc) is 2.84. The molecule has 1 N–H and O–H groups in total. The molecule has 1 saturated heterocycles. The molecule has 1 amide bonds. The van der Waals surface area contributed by atoms with E-state index >= 15 is 0 Å². The number of non-ortho nitro benzene ring substituents is 1. The lowest BCUT2D eigenvalue weighted by Gasteiger charge is -2.16. The Hall–Kier alpha value is -2.49. The summed E-state index contributed by atoms with van der Waals surface area (Å²) in [6.45, 7) is 1.17. The van der Waals surface area contributed by atoms with Crippen molar-refractivity contribution in [1.82, 2.24) is 4.31 Å². The van der Waals surface area contributed by atoms with Gasteiger partial charge in [0, 0.05) is 12.1 Å². The summed E-state index contributed by atoms with van der Waals surface area (Å²) >= 11 is 0. The molecule has 0 aromatic heterocycles. The van der Waals surface area contributed by atoms with Crippen molar-refractivity contribution in [2.24, 2.45) is 11.8 Å². The molecule has 9 nitrogen and oxygen atoms in total. The van der Waals surface area contributed by atoms with Gasteiger partial charge in [0.05, 0.1) is 28.2 Å². The van der Waals surface area contributed by atoms with Crippen LogP contribution in [0.25, 0.3) is 0 Å². The number of amides is 1. The second-order valence-electron chi connectivity index (χ2n) is 5.08. The van der Waals surface area contributed by atoms with E-state index in [9.17, 15) is 28.1 Å². The van der Waals surface area contributed by atoms with Crippen LogP contribution < -0.4 is 0 Å². The van der Waals surface area contributed by atoms with Crippen LogP contribution in [0.3, 0.4) is 0 Å². The molecule has 2 atom stereocenters. The normalized spacial score (nSPS) is 21.4. The fraction of sp³-hybridized carbons (Fsp3) is 0.385. The smallest absolute Gasteiger partial charge is 0.309 e. The Balaban J connectivity index is 2.38. The van der Waals surface area contributed by atoms with Crippen LogP contribution in [0.5, 0.6) is 0 Å². The Labute approximate surface area is 131 Å². The zero-order valence-electron chi connectivity index (χ0n) is 12.1. The van der Waals surface area contributed by atoms with Gasteiger partial charge < -0.3 is 5.11 Å². The average molecular weight is 342 g/mol. The van der Waals surface area contributed by atoms with Gasteiger partial charge in [0.1, 0.15) is 0 Å². The number of nitrogens with zero attached hydrogens (tertiary/aromatic N) is 2. The lowest BCUT2D eigenvalue weighted by atomic mass is 9.93. The molecule has 10 heteroatoms. The van der Waals surface area contributed by atoms with E-state index in [0.29, 0.717) is 4.31 Å². The second-order valence-corrected chi connectivity index (χ2v) is 6.95. The van der Waals surface area contributed by atoms with E-state index in [2.05, 4.69) is 0 Å². The van der Waals surface area contributed by atoms with Gasteiger partial charge in [-0.2, -0.15) is 0 Å². The minimum atomic E-state index is -4.24. The third kappa shape index (κ3) is 2.89. The van der Waals surface area contributed by atoms with Gasteiger partial charge in [0.2, 0.25) is 5.91 Å². The van der Waals surface area contributed by atoms with E-state index in [1.807, 2.05) is 0 Å². The highest BCUT2D eigenvalue weighted by atomic mass is 32.2. The lowest BCUT2D eigenvalue weighted by molar-refractivity contribution is -0.384. The molecule has 0 unspecified atom stereocenters. The van der Waals surface area contributed by atoms with Crippen molar-refractivity contribution in [3.63, 3.8) is 0 Å². The molecule has 124 valence electrons. The lowest BCUT2D eigenvalue weighted by Crippen LogP contribution is -2.33. The molecule has 0 bridgehead atoms. The SMILES string of the molecule is CC[C@H]1C(=O)N(S(=O)(=O)c2ccc([N+](=O)[O-])cc2)C[C@@H]1C(=O)O. The summed E-state index contributed by atoms with van der Waals surface area (Å²) in [4.78, 5) is 33.0. The molecule has 23 heavy (non-hydrogen) atoms. The largest absolute Gasteiger partial charge is 0.481 e. The quantitative estimate of drug-likeness (QED) is 0.619. The number of sulfonamides is 1. The number of carbonyl (C=O) groups is 2. The number of carboxylic acids is 1. The summed E-state index contributed by atoms with van der Waals surface area (Å²) in [6, 6.07) is 4.07. The van der Waals surface area contributed by atoms with Crippen LogP contribution in [-0.4, -0.2) is 41.2 Å². The number of nitro groups is 1. The molecule has 1 aliphatic heterocycles. The van der Waals surface area contributed by atoms with Crippen molar-refractivity contribution in [2.75, 3.05) is 6.54 Å². The topological polar surface area (TPSA) is 135 Å². The van der Waals surface area contributed by atoms with Crippen molar-refractivity contribution in [2.45, 2.75) is 18.2 Å². The van der Waals surface area contributed by atoms with E-state index in [1.165, 1.54) is 0 Å². The number of benzene rings is 1. The molecule has 1 aromatic rings. The minimum absolute atomic E-state index is 0.210. The standard InChI is InChI=1S/C13H14N2O7S/c1-2-10-11(13(17)18)7-14(12(10)16)23(21,22)9-5-3-8(4-6-9)15(19)20/h3-6,10-11H,2,7H2,1H3,(H,17,18)/t10-,11+/m1/s1. The van der Waals surface area contributed by atoms with Crippen LogP contribution in [0.2, 0.25) is 0 Å². The van der Waals surface area contributed by atoms with Gasteiger partial charge in [0.15, 0.2) is 0 Å². The molecular formula is C13H14N2O7S. The number of rotatable bonds is 5. The van der Waals surface area contributed by atoms with Crippen molar-refractivity contribution in [3.05, 3.63) is 34.4 Å². The maximum atomic E-state index is 12.5. The summed E-state index contributed by atoms with van der Waals surface area (Å²) in [5.41, 5.74) is -0.286. The molecule has 1 aliphatic rings. The molecular weight excluding hydrogens is 328 g/mol. The number of hydrogen-bond donors (Lipinski definition) is 1. The minimum Gasteiger partial charge on any atom is -0.481 e. The Bertz CT molecular complexity index is 757. The molecule has 0 spiro atoms. The summed E-state index contributed by atoms with van der Waals surface area (Å²) in [7, 11) is -4.24. The van der Waals surface area contributed by atoms with Gasteiger partial charge in [0.25, 0.3) is 15.7 Å². The maximum absolute atomic E-state index is 12.5. The summed E-state index contributed by atoms with van der Waals surface area (Å²) < 4.78 is 25.5. The third-order valence-corrected chi connectivity index (χ3v) is 5.58. The maximum Gasteiger partial charge on any atom is 0.309 e. The highest BCUT2D eigenvalue weighted by molar-refractivity contribution is 7.89. The second kappa shape index (κ2) is 5.95. The van der Waals surface area contributed by atoms with E-state index < -0.39 is 45.2 Å². The first-order valence-corrected chi connectivity index (χ1v) is 8.18. The monoisotopic (exact) mass is 342 g/mol. The van der Waals surface area contributed by atoms with Crippen LogP contribution in [0.1, 0.15) is 13.3 Å². The predicted octanol–water partition coefficient (Wildman–Crippen LogP) is 0.853. The van der Waals surface area contributed by atoms with Crippen molar-refractivity contribution >= 4 is 27.6 Å². The van der Waals surface area contributed by atoms with Gasteiger partial charge in [-0.15, -0.1) is 0 Å². The van der Waals surface area contributed by atoms with Crippen molar-refractivity contribution in [3.8, 4) is 0 Å². The van der Waals surface area contributed by atoms with Crippen molar-refractivity contribution < 1.29 is 28.0 Å². The summed E-state index contributed by atoms with van der Waals surface area (Å²) in [5.74, 6) is -3.99. The summed E-state index contributed by atoms with van der Waals surface area (Å²) in [6.07, 6.45) is 0.210. The predicted molar refractivity (Wildman–Crippen MR) is 76.9 cm³/mol. The van der Waals surface area contributed by atoms with Gasteiger partial charge >= 0.3 is 5.97 Å². The zero-order chi connectivity index (χ0) is 17.4. The van der Waals surface area contributed by atoms with Crippen LogP contribution in [0.15, 0.2) is 29.2 Å². The van der Waals surface area contributed by atoms with Crippen molar-refractivity contribution in [1.29, 1.82) is 0 Å². The van der Waals surface area contributed by atoms with E-state index in [1.54, 1.807) is 6.92 Å². The van der Waals surface area contributed by atoms with Crippen LogP contribution >= 0.6 is 0 Å². The molecule has 0 radical (unpaired) electrons. The fourth-order valence-corrected chi connectivity index (χ4v) is 4.01. The molecule has 1 fully saturated rings. The molecule has 0 saturated carbocycles. The molecule has 1 aromatic carbocycles. The van der Waals surface area contributed by atoms with Gasteiger partial charge in [-0.05, 0) is 18.6 Å². The van der Waals surface area contributed by atoms with Gasteiger partial charge in [-0.1, -0.05) is 6.92 Å². The Kier molecular flexibility index (Phi) is 4.37. The van der Waals surface area contributed by atoms with Crippen LogP contribution in [-0.2, 0) is 19.6 Å². The number of carbonyl (C=O) groups excluding carboxylic acids is 1. The number of carboxylic acid groups (broad SMARTS) is 1. The molecule has 2 rings (SSSR count). The molecule has 1 heterocycles. The zero-order valence-corrected chi connectivity index (χ0v) is 12.9. The number of nitro benzene ring substituents is 1. The Morgan fingerprint density at radius 1 is 1.39 bits per heavy atom. The van der Waals surface area contributed by atoms with E-state index in [0.717, 1.165) is 24.3 Å². The van der Waals surface area contributed by atoms with E-state index in [4.69, 9.17) is 5.11 Å². The number of hydrogen-bond acceptors (Lipinski definition) is 6. The Morgan fingerprint density at radius 3 is 2.35 bits per heavy atom. The van der Waals surface area contributed by atoms with Gasteiger partial charge in [-0.25, -0.2) is 12.7 Å². The Morgan fingerprint density at radius 2 is 1.96 bits per heavy atom. The van der Waals surface area contributed by atoms with Crippen LogP contribution in [0, 0.1) is 22.0 Å². The molecule has 0 aliphatic carbocycles. The van der Waals surface area contributed by atoms with E-state index in [-0.39, 0.29) is 17.0 Å². The first kappa shape index (κ1) is 16.9. The summed E-state index contributed by atoms with van der Waals surface area (Å²) in [5, 5.41) is 19.7. The first-order chi connectivity index (χ1) is 10.7. The third-order valence-electron chi connectivity index (χ3n) is 3.80. The fourth-order valence-electron chi connectivity index (χ4n) is 2.55. The van der Waals surface area contributed by atoms with Crippen LogP contribution in [0.4, 0.5) is 5.69 Å². The number of aliphatic carboxylic acids is 1. The van der Waals surface area contributed by atoms with Gasteiger partial charge in [-0.3, -0.25) is 19.7 Å². The highest BCUT2D eigenvalue weighted by Crippen LogP contribution is 2.32.